The van der Waals surface area contributed by atoms with Crippen molar-refractivity contribution in [3.63, 3.8) is 0 Å². The fraction of sp³-hybridized carbons (Fsp3) is 0. The van der Waals surface area contributed by atoms with Gasteiger partial charge in [0.2, 0.25) is 0 Å². The molecule has 0 aliphatic rings. The molecule has 0 saturated heterocycles. The Bertz CT molecular complexity index is 3130. The van der Waals surface area contributed by atoms with Gasteiger partial charge >= 0.3 is 0 Å². The normalized spacial score (nSPS) is 13.0. The fourth-order valence-electron chi connectivity index (χ4n) is 7.05. The third-order valence-electron chi connectivity index (χ3n) is 9.31. The van der Waals surface area contributed by atoms with E-state index in [2.05, 4.69) is 95.6 Å². The summed E-state index contributed by atoms with van der Waals surface area (Å²) in [5.74, 6) is 0.404. The summed E-state index contributed by atoms with van der Waals surface area (Å²) < 4.78 is 46.9. The Morgan fingerprint density at radius 3 is 1.90 bits per heavy atom. The van der Waals surface area contributed by atoms with Gasteiger partial charge in [-0.15, -0.1) is 11.3 Å². The molecule has 0 aliphatic carbocycles. The van der Waals surface area contributed by atoms with E-state index < -0.39 is 18.1 Å². The maximum atomic E-state index is 8.74. The van der Waals surface area contributed by atoms with E-state index in [9.17, 15) is 0 Å². The molecule has 0 spiro atoms. The van der Waals surface area contributed by atoms with Gasteiger partial charge in [-0.05, 0) is 47.5 Å². The molecular formula is C46H29N3S. The molecule has 0 bridgehead atoms. The minimum atomic E-state index is -0.441. The third-order valence-corrected chi connectivity index (χ3v) is 10.6. The van der Waals surface area contributed by atoms with Gasteiger partial charge in [0.25, 0.3) is 0 Å². The van der Waals surface area contributed by atoms with E-state index in [4.69, 9.17) is 16.8 Å². The summed E-state index contributed by atoms with van der Waals surface area (Å²) in [7, 11) is 0. The lowest BCUT2D eigenvalue weighted by atomic mass is 9.99. The summed E-state index contributed by atoms with van der Waals surface area (Å²) in [6.07, 6.45) is 0. The highest BCUT2D eigenvalue weighted by Crippen LogP contribution is 2.45. The van der Waals surface area contributed by atoms with Crippen LogP contribution in [-0.4, -0.2) is 14.5 Å². The van der Waals surface area contributed by atoms with Crippen LogP contribution in [0, 0.1) is 0 Å². The van der Waals surface area contributed by atoms with Crippen LogP contribution in [0.25, 0.3) is 92.7 Å². The highest BCUT2D eigenvalue weighted by molar-refractivity contribution is 7.26. The van der Waals surface area contributed by atoms with E-state index >= 15 is 0 Å². The zero-order valence-corrected chi connectivity index (χ0v) is 27.4. The topological polar surface area (TPSA) is 30.7 Å². The van der Waals surface area contributed by atoms with Crippen LogP contribution >= 0.6 is 11.3 Å². The Morgan fingerprint density at radius 2 is 1.10 bits per heavy atom. The van der Waals surface area contributed by atoms with Crippen molar-refractivity contribution in [1.82, 2.24) is 14.5 Å². The van der Waals surface area contributed by atoms with Crippen LogP contribution in [0.15, 0.2) is 176 Å². The van der Waals surface area contributed by atoms with Crippen molar-refractivity contribution in [3.8, 4) is 50.7 Å². The van der Waals surface area contributed by atoms with Crippen molar-refractivity contribution in [1.29, 1.82) is 0 Å². The SMILES string of the molecule is [2H]c1c([2H])c([2H])c(-c2cc(-c3cccc4c3sc3c(-c5ccc6c(c5)c5ccccc5n6-c5ccccc5)cccc34)nc(-c3ccccc3)n2)c([2H])c1[2H]. The number of benzene rings is 7. The van der Waals surface area contributed by atoms with Crippen LogP contribution in [0.5, 0.6) is 0 Å². The lowest BCUT2D eigenvalue weighted by Gasteiger charge is -2.10. The Balaban J connectivity index is 1.18. The van der Waals surface area contributed by atoms with Gasteiger partial charge in [-0.1, -0.05) is 139 Å². The van der Waals surface area contributed by atoms with Crippen molar-refractivity contribution >= 4 is 53.3 Å². The number of hydrogen-bond acceptors (Lipinski definition) is 3. The molecule has 234 valence electrons. The molecule has 10 aromatic rings. The summed E-state index contributed by atoms with van der Waals surface area (Å²) in [5.41, 5.74) is 8.23. The standard InChI is InChI=1S/C46H29N3S/c1-4-14-30(15-5-1)40-29-41(48-46(47-40)31-16-6-2-7-17-31)38-24-13-23-37-36-22-12-21-34(44(36)50-45(37)38)32-26-27-43-39(28-32)35-20-10-11-25-42(35)49(43)33-18-8-3-9-19-33/h1-29H/i1D,4D,5D,14D,15D. The van der Waals surface area contributed by atoms with Gasteiger partial charge in [-0.25, -0.2) is 9.97 Å². The second kappa shape index (κ2) is 11.7. The van der Waals surface area contributed by atoms with Gasteiger partial charge in [0.05, 0.1) is 29.3 Å². The largest absolute Gasteiger partial charge is 0.309 e. The van der Waals surface area contributed by atoms with Crippen LogP contribution in [0.4, 0.5) is 0 Å². The predicted octanol–water partition coefficient (Wildman–Crippen LogP) is 12.6. The number of para-hydroxylation sites is 2. The first-order valence-corrected chi connectivity index (χ1v) is 17.2. The summed E-state index contributed by atoms with van der Waals surface area (Å²) in [6, 6.07) is 47.8. The van der Waals surface area contributed by atoms with Crippen molar-refractivity contribution < 1.29 is 6.85 Å². The predicted molar refractivity (Wildman–Crippen MR) is 211 cm³/mol. The van der Waals surface area contributed by atoms with Crippen molar-refractivity contribution in [2.45, 2.75) is 0 Å². The molecule has 0 fully saturated rings. The Hall–Kier alpha value is -6.36. The van der Waals surface area contributed by atoms with Gasteiger partial charge in [0.1, 0.15) is 0 Å². The van der Waals surface area contributed by atoms with Gasteiger partial charge in [-0.2, -0.15) is 0 Å². The van der Waals surface area contributed by atoms with E-state index in [0.29, 0.717) is 11.5 Å². The lowest BCUT2D eigenvalue weighted by molar-refractivity contribution is 1.18. The van der Waals surface area contributed by atoms with Crippen LogP contribution in [0.2, 0.25) is 0 Å². The van der Waals surface area contributed by atoms with E-state index in [1.807, 2.05) is 48.5 Å². The molecule has 3 nitrogen and oxygen atoms in total. The zero-order chi connectivity index (χ0) is 37.4. The third kappa shape index (κ3) is 4.65. The van der Waals surface area contributed by atoms with Gasteiger partial charge < -0.3 is 4.57 Å². The first kappa shape index (κ1) is 23.9. The fourth-order valence-corrected chi connectivity index (χ4v) is 8.41. The number of aromatic nitrogens is 3. The summed E-state index contributed by atoms with van der Waals surface area (Å²) >= 11 is 1.71. The molecule has 10 rings (SSSR count). The second-order valence-electron chi connectivity index (χ2n) is 12.2. The Labute approximate surface area is 300 Å². The first-order valence-electron chi connectivity index (χ1n) is 18.9. The van der Waals surface area contributed by atoms with Crippen molar-refractivity contribution in [3.05, 3.63) is 176 Å². The lowest BCUT2D eigenvalue weighted by Crippen LogP contribution is -1.95. The average Bonchev–Trinajstić information content (AvgIpc) is 3.78. The first-order chi connectivity index (χ1) is 26.9. The number of nitrogens with zero attached hydrogens (tertiary/aromatic N) is 3. The molecule has 0 saturated carbocycles. The zero-order valence-electron chi connectivity index (χ0n) is 31.6. The molecular weight excluding hydrogens is 627 g/mol. The van der Waals surface area contributed by atoms with Gasteiger partial charge in [0, 0.05) is 53.3 Å². The highest BCUT2D eigenvalue weighted by atomic mass is 32.1. The molecule has 0 radical (unpaired) electrons. The van der Waals surface area contributed by atoms with E-state index in [0.717, 1.165) is 59.1 Å². The monoisotopic (exact) mass is 660 g/mol. The molecule has 50 heavy (non-hydrogen) atoms. The smallest absolute Gasteiger partial charge is 0.160 e. The van der Waals surface area contributed by atoms with Gasteiger partial charge in [0.15, 0.2) is 5.82 Å². The maximum Gasteiger partial charge on any atom is 0.160 e. The molecule has 0 unspecified atom stereocenters. The molecule has 0 atom stereocenters. The average molecular weight is 661 g/mol. The van der Waals surface area contributed by atoms with Crippen LogP contribution in [-0.2, 0) is 0 Å². The Kier molecular flexibility index (Phi) is 5.57. The number of thiophene rings is 1. The molecule has 3 aromatic heterocycles. The summed E-state index contributed by atoms with van der Waals surface area (Å²) in [5, 5.41) is 4.60. The molecule has 3 heterocycles. The minimum absolute atomic E-state index is 0.0432. The molecule has 0 aliphatic heterocycles. The second-order valence-corrected chi connectivity index (χ2v) is 13.2. The van der Waals surface area contributed by atoms with Crippen molar-refractivity contribution in [2.75, 3.05) is 0 Å². The molecule has 4 heteroatoms. The number of fused-ring (bicyclic) bond motifs is 6. The van der Waals surface area contributed by atoms with E-state index in [-0.39, 0.29) is 23.3 Å². The van der Waals surface area contributed by atoms with Crippen LogP contribution in [0.1, 0.15) is 6.85 Å². The minimum Gasteiger partial charge on any atom is -0.309 e. The molecule has 0 amide bonds. The van der Waals surface area contributed by atoms with Gasteiger partial charge in [-0.3, -0.25) is 0 Å². The van der Waals surface area contributed by atoms with E-state index in [1.54, 1.807) is 17.4 Å². The Morgan fingerprint density at radius 1 is 0.460 bits per heavy atom. The number of rotatable bonds is 5. The summed E-state index contributed by atoms with van der Waals surface area (Å²) in [6.45, 7) is 0. The van der Waals surface area contributed by atoms with Crippen LogP contribution in [0.3, 0.4) is 0 Å². The molecule has 7 aromatic carbocycles. The summed E-state index contributed by atoms with van der Waals surface area (Å²) in [4.78, 5) is 9.85. The van der Waals surface area contributed by atoms with E-state index in [1.165, 1.54) is 10.8 Å². The van der Waals surface area contributed by atoms with Crippen LogP contribution < -0.4 is 0 Å². The molecule has 0 N–H and O–H groups in total. The number of hydrogen-bond donors (Lipinski definition) is 0. The van der Waals surface area contributed by atoms with Crippen molar-refractivity contribution in [2.24, 2.45) is 0 Å². The highest BCUT2D eigenvalue weighted by Gasteiger charge is 2.18. The maximum absolute atomic E-state index is 8.74. The quantitative estimate of drug-likeness (QED) is 0.184.